The first-order valence-corrected chi connectivity index (χ1v) is 11.0. The Morgan fingerprint density at radius 1 is 1.07 bits per heavy atom. The predicted molar refractivity (Wildman–Crippen MR) is 110 cm³/mol. The third kappa shape index (κ3) is 4.79. The highest BCUT2D eigenvalue weighted by molar-refractivity contribution is 7.92. The van der Waals surface area contributed by atoms with Crippen molar-refractivity contribution >= 4 is 27.3 Å². The number of carbonyl (C=O) groups excluding carboxylic acids is 1. The summed E-state index contributed by atoms with van der Waals surface area (Å²) in [5.74, 6) is -0.240. The first-order valence-electron chi connectivity index (χ1n) is 9.19. The van der Waals surface area contributed by atoms with Crippen molar-refractivity contribution < 1.29 is 22.3 Å². The van der Waals surface area contributed by atoms with E-state index in [0.29, 0.717) is 43.3 Å². The zero-order valence-electron chi connectivity index (χ0n) is 16.4. The zero-order valence-corrected chi connectivity index (χ0v) is 17.2. The molecule has 1 aliphatic heterocycles. The molecule has 1 heterocycles. The highest BCUT2D eigenvalue weighted by atomic mass is 32.2. The highest BCUT2D eigenvalue weighted by Crippen LogP contribution is 2.29. The summed E-state index contributed by atoms with van der Waals surface area (Å²) < 4.78 is 45.0. The van der Waals surface area contributed by atoms with E-state index in [-0.39, 0.29) is 18.3 Å². The summed E-state index contributed by atoms with van der Waals surface area (Å²) >= 11 is 0. The number of methoxy groups -OCH3 is 1. The van der Waals surface area contributed by atoms with Gasteiger partial charge in [0.2, 0.25) is 15.9 Å². The topological polar surface area (TPSA) is 70.2 Å². The average molecular weight is 421 g/mol. The lowest BCUT2D eigenvalue weighted by Gasteiger charge is -2.37. The van der Waals surface area contributed by atoms with Crippen LogP contribution in [0.1, 0.15) is 0 Å². The number of rotatable bonds is 6. The lowest BCUT2D eigenvalue weighted by molar-refractivity contribution is -0.129. The van der Waals surface area contributed by atoms with E-state index in [1.165, 1.54) is 13.2 Å². The van der Waals surface area contributed by atoms with Crippen molar-refractivity contribution in [3.8, 4) is 5.75 Å². The number of carbonyl (C=O) groups is 1. The summed E-state index contributed by atoms with van der Waals surface area (Å²) in [4.78, 5) is 16.3. The van der Waals surface area contributed by atoms with E-state index in [4.69, 9.17) is 4.74 Å². The van der Waals surface area contributed by atoms with Crippen molar-refractivity contribution in [1.82, 2.24) is 4.90 Å². The van der Waals surface area contributed by atoms with E-state index in [0.717, 1.165) is 10.6 Å². The molecule has 1 aliphatic rings. The molecular weight excluding hydrogens is 397 g/mol. The molecule has 9 heteroatoms. The van der Waals surface area contributed by atoms with Crippen LogP contribution in [0.3, 0.4) is 0 Å². The van der Waals surface area contributed by atoms with Crippen LogP contribution in [0.5, 0.6) is 5.75 Å². The second-order valence-electron chi connectivity index (χ2n) is 6.76. The number of benzene rings is 2. The lowest BCUT2D eigenvalue weighted by Crippen LogP contribution is -2.52. The average Bonchev–Trinajstić information content (AvgIpc) is 2.71. The Morgan fingerprint density at radius 3 is 2.31 bits per heavy atom. The molecule has 0 aromatic heterocycles. The number of para-hydroxylation sites is 3. The molecule has 2 aromatic carbocycles. The second kappa shape index (κ2) is 8.69. The third-order valence-electron chi connectivity index (χ3n) is 4.86. The molecular formula is C20H24FN3O4S. The Balaban J connectivity index is 1.71. The van der Waals surface area contributed by atoms with Gasteiger partial charge in [-0.15, -0.1) is 0 Å². The van der Waals surface area contributed by atoms with Crippen LogP contribution in [0.2, 0.25) is 0 Å². The summed E-state index contributed by atoms with van der Waals surface area (Å²) in [6, 6.07) is 13.2. The normalized spacial score (nSPS) is 14.6. The van der Waals surface area contributed by atoms with Gasteiger partial charge < -0.3 is 14.5 Å². The smallest absolute Gasteiger partial charge is 0.243 e. The van der Waals surface area contributed by atoms with Gasteiger partial charge in [0.05, 0.1) is 24.7 Å². The van der Waals surface area contributed by atoms with Crippen molar-refractivity contribution in [2.45, 2.75) is 0 Å². The number of ether oxygens (including phenoxy) is 1. The molecule has 0 saturated carbocycles. The first-order chi connectivity index (χ1) is 13.8. The van der Waals surface area contributed by atoms with Crippen LogP contribution >= 0.6 is 0 Å². The molecule has 3 rings (SSSR count). The zero-order chi connectivity index (χ0) is 21.0. The minimum Gasteiger partial charge on any atom is -0.495 e. The van der Waals surface area contributed by atoms with Crippen LogP contribution in [0, 0.1) is 5.82 Å². The van der Waals surface area contributed by atoms with Gasteiger partial charge >= 0.3 is 0 Å². The molecule has 0 bridgehead atoms. The van der Waals surface area contributed by atoms with Crippen molar-refractivity contribution in [3.63, 3.8) is 0 Å². The number of halogens is 1. The maximum Gasteiger partial charge on any atom is 0.243 e. The Bertz CT molecular complexity index is 975. The van der Waals surface area contributed by atoms with Gasteiger partial charge in [0.15, 0.2) is 0 Å². The fraction of sp³-hybridized carbons (Fsp3) is 0.350. The molecule has 1 amide bonds. The monoisotopic (exact) mass is 421 g/mol. The Labute approximate surface area is 170 Å². The van der Waals surface area contributed by atoms with E-state index in [2.05, 4.69) is 0 Å². The van der Waals surface area contributed by atoms with Crippen molar-refractivity contribution in [2.24, 2.45) is 0 Å². The molecule has 0 N–H and O–H groups in total. The molecule has 156 valence electrons. The predicted octanol–water partition coefficient (Wildman–Crippen LogP) is 1.95. The molecule has 7 nitrogen and oxygen atoms in total. The largest absolute Gasteiger partial charge is 0.495 e. The van der Waals surface area contributed by atoms with E-state index in [1.54, 1.807) is 47.4 Å². The molecule has 0 atom stereocenters. The Morgan fingerprint density at radius 2 is 1.69 bits per heavy atom. The summed E-state index contributed by atoms with van der Waals surface area (Å²) in [7, 11) is -2.25. The van der Waals surface area contributed by atoms with Crippen LogP contribution < -0.4 is 13.9 Å². The second-order valence-corrected chi connectivity index (χ2v) is 8.67. The van der Waals surface area contributed by atoms with Gasteiger partial charge in [-0.3, -0.25) is 9.10 Å². The van der Waals surface area contributed by atoms with Crippen molar-refractivity contribution in [1.29, 1.82) is 0 Å². The molecule has 0 radical (unpaired) electrons. The van der Waals surface area contributed by atoms with E-state index in [9.17, 15) is 17.6 Å². The molecule has 2 aromatic rings. The Hall–Kier alpha value is -2.81. The number of sulfonamides is 1. The molecule has 1 saturated heterocycles. The van der Waals surface area contributed by atoms with Gasteiger partial charge in [-0.05, 0) is 24.3 Å². The fourth-order valence-corrected chi connectivity index (χ4v) is 4.20. The highest BCUT2D eigenvalue weighted by Gasteiger charge is 2.28. The molecule has 0 unspecified atom stereocenters. The van der Waals surface area contributed by atoms with Gasteiger partial charge in [0, 0.05) is 26.2 Å². The van der Waals surface area contributed by atoms with E-state index < -0.39 is 10.0 Å². The van der Waals surface area contributed by atoms with Crippen molar-refractivity contribution in [3.05, 3.63) is 54.3 Å². The number of anilines is 2. The molecule has 0 spiro atoms. The fourth-order valence-electron chi connectivity index (χ4n) is 3.34. The van der Waals surface area contributed by atoms with Gasteiger partial charge in [0.25, 0.3) is 0 Å². The van der Waals surface area contributed by atoms with Crippen LogP contribution in [-0.2, 0) is 14.8 Å². The number of hydrogen-bond acceptors (Lipinski definition) is 5. The SMILES string of the molecule is COc1ccccc1N(CC(=O)N1CCN(c2ccccc2F)CC1)S(C)(=O)=O. The van der Waals surface area contributed by atoms with Crippen LogP contribution in [0.15, 0.2) is 48.5 Å². The Kier molecular flexibility index (Phi) is 6.26. The number of nitrogens with zero attached hydrogens (tertiary/aromatic N) is 3. The van der Waals surface area contributed by atoms with Gasteiger partial charge in [0.1, 0.15) is 18.1 Å². The minimum absolute atomic E-state index is 0.299. The van der Waals surface area contributed by atoms with Crippen molar-refractivity contribution in [2.75, 3.05) is 55.3 Å². The number of piperazine rings is 1. The first kappa shape index (κ1) is 20.9. The minimum atomic E-state index is -3.70. The number of hydrogen-bond donors (Lipinski definition) is 0. The van der Waals surface area contributed by atoms with E-state index in [1.807, 2.05) is 4.90 Å². The summed E-state index contributed by atoms with van der Waals surface area (Å²) in [6.07, 6.45) is 1.06. The van der Waals surface area contributed by atoms with Gasteiger partial charge in [-0.2, -0.15) is 0 Å². The lowest BCUT2D eigenvalue weighted by atomic mass is 10.2. The summed E-state index contributed by atoms with van der Waals surface area (Å²) in [6.45, 7) is 1.40. The van der Waals surface area contributed by atoms with Crippen LogP contribution in [0.25, 0.3) is 0 Å². The molecule has 29 heavy (non-hydrogen) atoms. The standard InChI is InChI=1S/C20H24FN3O4S/c1-28-19-10-6-5-9-18(19)24(29(2,26)27)15-20(25)23-13-11-22(12-14-23)17-8-4-3-7-16(17)21/h3-10H,11-15H2,1-2H3. The van der Waals surface area contributed by atoms with Crippen LogP contribution in [-0.4, -0.2) is 65.3 Å². The summed E-state index contributed by atoms with van der Waals surface area (Å²) in [5.41, 5.74) is 0.822. The van der Waals surface area contributed by atoms with Crippen LogP contribution in [0.4, 0.5) is 15.8 Å². The van der Waals surface area contributed by atoms with Gasteiger partial charge in [-0.25, -0.2) is 12.8 Å². The van der Waals surface area contributed by atoms with E-state index >= 15 is 0 Å². The third-order valence-corrected chi connectivity index (χ3v) is 5.99. The van der Waals surface area contributed by atoms with Gasteiger partial charge in [-0.1, -0.05) is 24.3 Å². The molecule has 1 fully saturated rings. The quantitative estimate of drug-likeness (QED) is 0.713. The summed E-state index contributed by atoms with van der Waals surface area (Å²) in [5, 5.41) is 0. The maximum absolute atomic E-state index is 14.0. The maximum atomic E-state index is 14.0. The number of amides is 1. The molecule has 0 aliphatic carbocycles.